The number of anilines is 1. The number of amides is 2. The largest absolute Gasteiger partial charge is 0.453 e. The molecule has 3 N–H and O–H groups in total. The summed E-state index contributed by atoms with van der Waals surface area (Å²) in [7, 11) is 0. The number of carbonyl (C=O) groups excluding carboxylic acids is 1. The van der Waals surface area contributed by atoms with Crippen LogP contribution in [0.1, 0.15) is 32.3 Å². The van der Waals surface area contributed by atoms with Crippen molar-refractivity contribution in [1.29, 1.82) is 0 Å². The van der Waals surface area contributed by atoms with Crippen molar-refractivity contribution in [1.82, 2.24) is 25.1 Å². The molecule has 0 bridgehead atoms. The summed E-state index contributed by atoms with van der Waals surface area (Å²) in [4.78, 5) is 26.9. The molecule has 3 aromatic heterocycles. The molecule has 0 radical (unpaired) electrons. The molecule has 1 saturated heterocycles. The second-order valence-corrected chi connectivity index (χ2v) is 12.6. The number of hydrogen-bond acceptors (Lipinski definition) is 8. The summed E-state index contributed by atoms with van der Waals surface area (Å²) in [6.45, 7) is 8.95. The third kappa shape index (κ3) is 6.54. The van der Waals surface area contributed by atoms with Gasteiger partial charge in [-0.15, -0.1) is 11.3 Å². The van der Waals surface area contributed by atoms with Gasteiger partial charge in [-0.05, 0) is 56.5 Å². The molecular formula is C31H35FN6O3S. The normalized spacial score (nSPS) is 17.3. The van der Waals surface area contributed by atoms with Crippen molar-refractivity contribution in [2.24, 2.45) is 0 Å². The summed E-state index contributed by atoms with van der Waals surface area (Å²) in [6, 6.07) is 12.1. The molecule has 2 fully saturated rings. The zero-order chi connectivity index (χ0) is 29.3. The quantitative estimate of drug-likeness (QED) is 0.238. The summed E-state index contributed by atoms with van der Waals surface area (Å²) in [5.41, 5.74) is 3.10. The van der Waals surface area contributed by atoms with E-state index in [1.54, 1.807) is 18.3 Å². The fourth-order valence-electron chi connectivity index (χ4n) is 5.36. The highest BCUT2D eigenvalue weighted by Crippen LogP contribution is 2.39. The number of nitrogens with one attached hydrogen (secondary N) is 2. The van der Waals surface area contributed by atoms with Crippen LogP contribution in [-0.2, 0) is 6.54 Å². The smallest absolute Gasteiger partial charge is 0.319 e. The lowest BCUT2D eigenvalue weighted by molar-refractivity contribution is 0.00635. The lowest BCUT2D eigenvalue weighted by atomic mass is 9.98. The molecule has 0 unspecified atom stereocenters. The number of aromatic nitrogens is 2. The van der Waals surface area contributed by atoms with E-state index in [0.29, 0.717) is 18.0 Å². The van der Waals surface area contributed by atoms with E-state index in [0.717, 1.165) is 65.4 Å². The first-order valence-corrected chi connectivity index (χ1v) is 15.1. The van der Waals surface area contributed by atoms with Gasteiger partial charge in [0.25, 0.3) is 0 Å². The predicted octanol–water partition coefficient (Wildman–Crippen LogP) is 5.46. The summed E-state index contributed by atoms with van der Waals surface area (Å²) in [6.07, 6.45) is 5.52. The lowest BCUT2D eigenvalue weighted by Gasteiger charge is -2.47. The zero-order valence-corrected chi connectivity index (χ0v) is 24.6. The molecule has 9 nitrogen and oxygen atoms in total. The van der Waals surface area contributed by atoms with Crippen LogP contribution in [0.2, 0.25) is 0 Å². The van der Waals surface area contributed by atoms with Gasteiger partial charge in [0.05, 0.1) is 27.4 Å². The number of fused-ring (bicyclic) bond motifs is 1. The first-order valence-electron chi connectivity index (χ1n) is 14.2. The minimum Gasteiger partial charge on any atom is -0.453 e. The third-order valence-electron chi connectivity index (χ3n) is 7.70. The van der Waals surface area contributed by atoms with Crippen LogP contribution in [0.25, 0.3) is 20.8 Å². The van der Waals surface area contributed by atoms with Crippen molar-refractivity contribution in [3.05, 3.63) is 66.2 Å². The predicted molar refractivity (Wildman–Crippen MR) is 163 cm³/mol. The van der Waals surface area contributed by atoms with Gasteiger partial charge in [-0.2, -0.15) is 0 Å². The first-order chi connectivity index (χ1) is 20.3. The summed E-state index contributed by atoms with van der Waals surface area (Å²) < 4.78 is 21.7. The average molecular weight is 591 g/mol. The number of β-amino-alcohol motifs (C(OH)–C–C–N with tert-alkyl or cyclic N) is 1. The van der Waals surface area contributed by atoms with E-state index < -0.39 is 5.82 Å². The molecule has 2 amide bonds. The van der Waals surface area contributed by atoms with Crippen LogP contribution in [0.15, 0.2) is 54.9 Å². The lowest BCUT2D eigenvalue weighted by Crippen LogP contribution is -2.59. The Hall–Kier alpha value is -3.64. The van der Waals surface area contributed by atoms with E-state index in [9.17, 15) is 14.3 Å². The Morgan fingerprint density at radius 3 is 2.71 bits per heavy atom. The molecule has 1 aliphatic heterocycles. The molecule has 0 spiro atoms. The number of carbonyl (C=O) groups is 1. The first kappa shape index (κ1) is 28.5. The minimum atomic E-state index is -0.573. The Balaban J connectivity index is 1.13. The average Bonchev–Trinajstić information content (AvgIpc) is 3.65. The molecule has 4 heterocycles. The van der Waals surface area contributed by atoms with Gasteiger partial charge < -0.3 is 20.5 Å². The molecule has 220 valence electrons. The number of urea groups is 1. The molecule has 0 atom stereocenters. The number of nitrogens with zero attached hydrogens (tertiary/aromatic N) is 4. The number of pyridine rings is 2. The zero-order valence-electron chi connectivity index (χ0n) is 23.8. The Bertz CT molecular complexity index is 1570. The van der Waals surface area contributed by atoms with E-state index in [4.69, 9.17) is 9.72 Å². The molecule has 1 saturated carbocycles. The molecule has 1 aliphatic carbocycles. The van der Waals surface area contributed by atoms with E-state index in [-0.39, 0.29) is 30.0 Å². The number of thiophene rings is 1. The fraction of sp³-hybridized carbons (Fsp3) is 0.387. The van der Waals surface area contributed by atoms with Crippen LogP contribution in [0.4, 0.5) is 14.9 Å². The minimum absolute atomic E-state index is 0.00606. The number of benzene rings is 1. The third-order valence-corrected chi connectivity index (χ3v) is 8.87. The molecule has 11 heteroatoms. The van der Waals surface area contributed by atoms with Gasteiger partial charge in [0.1, 0.15) is 5.75 Å². The number of rotatable bonds is 9. The monoisotopic (exact) mass is 590 g/mol. The van der Waals surface area contributed by atoms with Gasteiger partial charge in [-0.3, -0.25) is 19.8 Å². The highest BCUT2D eigenvalue weighted by Gasteiger charge is 2.33. The van der Waals surface area contributed by atoms with Crippen molar-refractivity contribution in [2.45, 2.75) is 44.8 Å². The van der Waals surface area contributed by atoms with E-state index in [2.05, 4.69) is 45.3 Å². The number of halogens is 1. The van der Waals surface area contributed by atoms with Crippen LogP contribution in [0, 0.1) is 5.82 Å². The molecule has 42 heavy (non-hydrogen) atoms. The number of aliphatic hydroxyl groups excluding tert-OH is 1. The number of ether oxygens (including phenoxy) is 1. The van der Waals surface area contributed by atoms with Gasteiger partial charge in [-0.1, -0.05) is 6.07 Å². The van der Waals surface area contributed by atoms with E-state index >= 15 is 0 Å². The Morgan fingerprint density at radius 2 is 2.00 bits per heavy atom. The summed E-state index contributed by atoms with van der Waals surface area (Å²) in [5.74, 6) is -0.00761. The van der Waals surface area contributed by atoms with Gasteiger partial charge in [0.15, 0.2) is 11.6 Å². The van der Waals surface area contributed by atoms with Crippen molar-refractivity contribution in [2.75, 3.05) is 38.1 Å². The van der Waals surface area contributed by atoms with Crippen molar-refractivity contribution >= 4 is 33.3 Å². The van der Waals surface area contributed by atoms with Crippen LogP contribution in [0.3, 0.4) is 0 Å². The van der Waals surface area contributed by atoms with Gasteiger partial charge in [0, 0.05) is 74.5 Å². The van der Waals surface area contributed by atoms with Gasteiger partial charge in [0.2, 0.25) is 0 Å². The van der Waals surface area contributed by atoms with Crippen molar-refractivity contribution in [3.63, 3.8) is 0 Å². The number of aliphatic hydroxyl groups is 1. The Morgan fingerprint density at radius 1 is 1.14 bits per heavy atom. The highest BCUT2D eigenvalue weighted by molar-refractivity contribution is 7.22. The summed E-state index contributed by atoms with van der Waals surface area (Å²) >= 11 is 1.50. The van der Waals surface area contributed by atoms with Crippen LogP contribution >= 0.6 is 11.3 Å². The van der Waals surface area contributed by atoms with E-state index in [1.165, 1.54) is 23.5 Å². The molecule has 4 aromatic rings. The standard InChI is InChI=1S/C31H35FN6O3S/c1-31(2)19-37(11-12-38(31)13-14-39)18-20-3-7-24(34-17-20)28-16-25-29(42-28)27(9-10-33-25)41-26-8-6-22(15-23(26)32)36-30(40)35-21-4-5-21/h3,6-10,15-17,21,39H,4-5,11-14,18-19H2,1-2H3,(H2,35,36,40). The molecule has 2 aliphatic rings. The Kier molecular flexibility index (Phi) is 8.09. The van der Waals surface area contributed by atoms with Crippen LogP contribution < -0.4 is 15.4 Å². The molecular weight excluding hydrogens is 555 g/mol. The number of hydrogen-bond donors (Lipinski definition) is 3. The van der Waals surface area contributed by atoms with Crippen molar-refractivity contribution in [3.8, 4) is 22.1 Å². The van der Waals surface area contributed by atoms with Crippen LogP contribution in [-0.4, -0.2) is 75.3 Å². The molecule has 1 aromatic carbocycles. The molecule has 6 rings (SSSR count). The summed E-state index contributed by atoms with van der Waals surface area (Å²) in [5, 5.41) is 14.8. The van der Waals surface area contributed by atoms with E-state index in [1.807, 2.05) is 18.3 Å². The highest BCUT2D eigenvalue weighted by atomic mass is 32.1. The maximum absolute atomic E-state index is 14.9. The SMILES string of the molecule is CC1(C)CN(Cc2ccc(-c3cc4nccc(Oc5ccc(NC(=O)NC6CC6)cc5F)c4s3)nc2)CCN1CCO. The second kappa shape index (κ2) is 11.9. The van der Waals surface area contributed by atoms with Gasteiger partial charge in [-0.25, -0.2) is 9.18 Å². The maximum Gasteiger partial charge on any atom is 0.319 e. The van der Waals surface area contributed by atoms with Crippen molar-refractivity contribution < 1.29 is 19.0 Å². The van der Waals surface area contributed by atoms with Crippen LogP contribution in [0.5, 0.6) is 11.5 Å². The number of piperazine rings is 1. The maximum atomic E-state index is 14.9. The topological polar surface area (TPSA) is 103 Å². The Labute approximate surface area is 248 Å². The van der Waals surface area contributed by atoms with Gasteiger partial charge >= 0.3 is 6.03 Å². The fourth-order valence-corrected chi connectivity index (χ4v) is 6.41. The second-order valence-electron chi connectivity index (χ2n) is 11.5.